The topological polar surface area (TPSA) is 135 Å². The van der Waals surface area contributed by atoms with Crippen LogP contribution in [0.5, 0.6) is 0 Å². The number of unbranched alkanes of at least 4 members (excludes halogenated alkanes) is 6. The molecule has 43 heavy (non-hydrogen) atoms. The maximum Gasteiger partial charge on any atom is 0.306 e. The van der Waals surface area contributed by atoms with Gasteiger partial charge in [0.1, 0.15) is 30.5 Å². The summed E-state index contributed by atoms with van der Waals surface area (Å²) in [6, 6.07) is 0. The quantitative estimate of drug-likeness (QED) is 0.0635. The molecule has 1 fully saturated rings. The Morgan fingerprint density at radius 2 is 1.40 bits per heavy atom. The van der Waals surface area contributed by atoms with Crippen molar-refractivity contribution in [1.82, 2.24) is 0 Å². The predicted octanol–water partition coefficient (Wildman–Crippen LogP) is 5.07. The second-order valence-electron chi connectivity index (χ2n) is 10.9. The molecule has 0 aliphatic carbocycles. The van der Waals surface area contributed by atoms with Gasteiger partial charge < -0.3 is 39.4 Å². The molecule has 1 saturated heterocycles. The molecule has 1 aliphatic heterocycles. The number of carbonyl (C=O) groups is 1. The van der Waals surface area contributed by atoms with E-state index in [2.05, 4.69) is 62.5 Å². The number of esters is 1. The lowest BCUT2D eigenvalue weighted by atomic mass is 9.99. The molecule has 0 spiro atoms. The second-order valence-corrected chi connectivity index (χ2v) is 10.9. The van der Waals surface area contributed by atoms with Crippen molar-refractivity contribution >= 4 is 5.97 Å². The molecule has 6 atom stereocenters. The van der Waals surface area contributed by atoms with Gasteiger partial charge in [0.2, 0.25) is 0 Å². The van der Waals surface area contributed by atoms with E-state index in [0.29, 0.717) is 13.0 Å². The molecule has 1 rings (SSSR count). The van der Waals surface area contributed by atoms with Crippen molar-refractivity contribution in [2.24, 2.45) is 0 Å². The highest BCUT2D eigenvalue weighted by molar-refractivity contribution is 5.69. The Labute approximate surface area is 259 Å². The molecule has 0 radical (unpaired) electrons. The van der Waals surface area contributed by atoms with Crippen molar-refractivity contribution in [1.29, 1.82) is 0 Å². The Morgan fingerprint density at radius 1 is 0.767 bits per heavy atom. The fraction of sp³-hybridized carbons (Fsp3) is 0.735. The van der Waals surface area contributed by atoms with Crippen molar-refractivity contribution < 1.29 is 44.2 Å². The lowest BCUT2D eigenvalue weighted by Crippen LogP contribution is -2.59. The van der Waals surface area contributed by atoms with E-state index in [-0.39, 0.29) is 19.2 Å². The average molecular weight is 611 g/mol. The molecule has 0 saturated carbocycles. The lowest BCUT2D eigenvalue weighted by molar-refractivity contribution is -0.305. The smallest absolute Gasteiger partial charge is 0.306 e. The standard InChI is InChI=1S/C34H58O9/c1-3-5-7-9-11-12-13-14-15-16-17-18-20-22-24-40-26-28(42-30(36)23-21-19-10-8-6-4-2)27-41-34-33(39)32(38)31(37)29(25-35)43-34/h5,7,11-12,14-15,17-18,28-29,31-35,37-39H,3-4,6,8-10,13,16,19-27H2,1-2H3/b7-5-,12-11-,15-14-,18-17-. The minimum atomic E-state index is -1.54. The van der Waals surface area contributed by atoms with E-state index >= 15 is 0 Å². The van der Waals surface area contributed by atoms with Crippen molar-refractivity contribution in [2.45, 2.75) is 134 Å². The van der Waals surface area contributed by atoms with E-state index in [9.17, 15) is 25.2 Å². The lowest BCUT2D eigenvalue weighted by Gasteiger charge is -2.39. The number of hydrogen-bond acceptors (Lipinski definition) is 9. The summed E-state index contributed by atoms with van der Waals surface area (Å²) >= 11 is 0. The molecule has 0 aromatic heterocycles. The zero-order valence-corrected chi connectivity index (χ0v) is 26.4. The summed E-state index contributed by atoms with van der Waals surface area (Å²) in [7, 11) is 0. The van der Waals surface area contributed by atoms with Crippen LogP contribution in [0.3, 0.4) is 0 Å². The number of rotatable bonds is 25. The van der Waals surface area contributed by atoms with Crippen molar-refractivity contribution in [3.05, 3.63) is 48.6 Å². The maximum absolute atomic E-state index is 12.5. The molecule has 0 bridgehead atoms. The molecule has 0 aromatic rings. The number of aliphatic hydroxyl groups is 4. The SMILES string of the molecule is CC/C=C\C/C=C\C/C=C\C/C=C\CCCOCC(COC1OC(CO)C(O)C(O)C1O)OC(=O)CCCCCCCC. The Balaban J connectivity index is 2.42. The molecule has 0 aromatic carbocycles. The van der Waals surface area contributed by atoms with Crippen LogP contribution >= 0.6 is 0 Å². The summed E-state index contributed by atoms with van der Waals surface area (Å²) in [5.41, 5.74) is 0. The van der Waals surface area contributed by atoms with Gasteiger partial charge in [-0.25, -0.2) is 0 Å². The number of hydrogen-bond donors (Lipinski definition) is 4. The summed E-state index contributed by atoms with van der Waals surface area (Å²) in [5, 5.41) is 39.7. The summed E-state index contributed by atoms with van der Waals surface area (Å²) in [6.07, 6.45) is 21.8. The first-order chi connectivity index (χ1) is 20.9. The van der Waals surface area contributed by atoms with Gasteiger partial charge >= 0.3 is 5.97 Å². The van der Waals surface area contributed by atoms with E-state index in [1.807, 2.05) is 0 Å². The summed E-state index contributed by atoms with van der Waals surface area (Å²) < 4.78 is 22.4. The highest BCUT2D eigenvalue weighted by Crippen LogP contribution is 2.22. The van der Waals surface area contributed by atoms with Crippen LogP contribution in [0.15, 0.2) is 48.6 Å². The van der Waals surface area contributed by atoms with Gasteiger partial charge in [-0.15, -0.1) is 0 Å². The first kappa shape index (κ1) is 39.2. The predicted molar refractivity (Wildman–Crippen MR) is 168 cm³/mol. The van der Waals surface area contributed by atoms with Gasteiger partial charge in [0.05, 0.1) is 19.8 Å². The number of aliphatic hydroxyl groups excluding tert-OH is 4. The molecular formula is C34H58O9. The third-order valence-electron chi connectivity index (χ3n) is 7.01. The molecule has 9 nitrogen and oxygen atoms in total. The minimum absolute atomic E-state index is 0.105. The Bertz CT molecular complexity index is 793. The van der Waals surface area contributed by atoms with Gasteiger partial charge in [0.25, 0.3) is 0 Å². The average Bonchev–Trinajstić information content (AvgIpc) is 3.00. The van der Waals surface area contributed by atoms with Crippen LogP contribution in [0.4, 0.5) is 0 Å². The molecular weight excluding hydrogens is 552 g/mol. The van der Waals surface area contributed by atoms with Crippen LogP contribution in [0.2, 0.25) is 0 Å². The van der Waals surface area contributed by atoms with Gasteiger partial charge in [0, 0.05) is 13.0 Å². The fourth-order valence-corrected chi connectivity index (χ4v) is 4.43. The summed E-state index contributed by atoms with van der Waals surface area (Å²) in [4.78, 5) is 12.5. The summed E-state index contributed by atoms with van der Waals surface area (Å²) in [6.45, 7) is 4.19. The maximum atomic E-state index is 12.5. The van der Waals surface area contributed by atoms with Crippen LogP contribution < -0.4 is 0 Å². The van der Waals surface area contributed by atoms with Gasteiger partial charge in [0.15, 0.2) is 6.29 Å². The normalized spacial score (nSPS) is 23.7. The molecule has 6 unspecified atom stereocenters. The van der Waals surface area contributed by atoms with Gasteiger partial charge in [-0.05, 0) is 44.9 Å². The number of carbonyl (C=O) groups excluding carboxylic acids is 1. The van der Waals surface area contributed by atoms with Crippen molar-refractivity contribution in [2.75, 3.05) is 26.4 Å². The molecule has 1 heterocycles. The largest absolute Gasteiger partial charge is 0.457 e. The van der Waals surface area contributed by atoms with E-state index in [0.717, 1.165) is 64.2 Å². The van der Waals surface area contributed by atoms with E-state index in [1.54, 1.807) is 0 Å². The van der Waals surface area contributed by atoms with Gasteiger partial charge in [-0.3, -0.25) is 4.79 Å². The van der Waals surface area contributed by atoms with Crippen molar-refractivity contribution in [3.63, 3.8) is 0 Å². The van der Waals surface area contributed by atoms with E-state index in [1.165, 1.54) is 12.8 Å². The number of allylic oxidation sites excluding steroid dienone is 8. The second kappa shape index (κ2) is 26.5. The summed E-state index contributed by atoms with van der Waals surface area (Å²) in [5.74, 6) is -0.346. The van der Waals surface area contributed by atoms with Crippen molar-refractivity contribution in [3.8, 4) is 0 Å². The molecule has 248 valence electrons. The van der Waals surface area contributed by atoms with Gasteiger partial charge in [-0.1, -0.05) is 94.6 Å². The van der Waals surface area contributed by atoms with E-state index < -0.39 is 43.4 Å². The van der Waals surface area contributed by atoms with Crippen LogP contribution in [0, 0.1) is 0 Å². The minimum Gasteiger partial charge on any atom is -0.457 e. The van der Waals surface area contributed by atoms with Crippen LogP contribution in [-0.2, 0) is 23.7 Å². The Morgan fingerprint density at radius 3 is 2.05 bits per heavy atom. The van der Waals surface area contributed by atoms with E-state index in [4.69, 9.17) is 18.9 Å². The third-order valence-corrected chi connectivity index (χ3v) is 7.01. The number of ether oxygens (including phenoxy) is 4. The first-order valence-electron chi connectivity index (χ1n) is 16.2. The third kappa shape index (κ3) is 19.2. The van der Waals surface area contributed by atoms with Crippen LogP contribution in [0.1, 0.15) is 97.3 Å². The zero-order valence-electron chi connectivity index (χ0n) is 26.4. The first-order valence-corrected chi connectivity index (χ1v) is 16.2. The highest BCUT2D eigenvalue weighted by Gasteiger charge is 2.44. The van der Waals surface area contributed by atoms with Gasteiger partial charge in [-0.2, -0.15) is 0 Å². The molecule has 9 heteroatoms. The Kier molecular flexibility index (Phi) is 24.2. The molecule has 1 aliphatic rings. The van der Waals surface area contributed by atoms with Crippen LogP contribution in [0.25, 0.3) is 0 Å². The monoisotopic (exact) mass is 610 g/mol. The Hall–Kier alpha value is -1.85. The zero-order chi connectivity index (χ0) is 31.5. The highest BCUT2D eigenvalue weighted by atomic mass is 16.7. The molecule has 4 N–H and O–H groups in total. The van der Waals surface area contributed by atoms with Crippen LogP contribution in [-0.4, -0.2) is 89.6 Å². The molecule has 0 amide bonds. The fourth-order valence-electron chi connectivity index (χ4n) is 4.43.